The van der Waals surface area contributed by atoms with Crippen molar-refractivity contribution in [3.8, 4) is 0 Å². The summed E-state index contributed by atoms with van der Waals surface area (Å²) in [6, 6.07) is 7.19. The van der Waals surface area contributed by atoms with Crippen molar-refractivity contribution >= 4 is 35.1 Å². The lowest BCUT2D eigenvalue weighted by Crippen LogP contribution is -2.52. The Balaban J connectivity index is 1.76. The molecule has 26 heavy (non-hydrogen) atoms. The van der Waals surface area contributed by atoms with Gasteiger partial charge in [-0.15, -0.1) is 0 Å². The van der Waals surface area contributed by atoms with Gasteiger partial charge in [-0.05, 0) is 19.1 Å². The topological polar surface area (TPSA) is 69.6 Å². The molecule has 0 saturated carbocycles. The fourth-order valence-corrected chi connectivity index (χ4v) is 3.06. The molecule has 8 heteroatoms. The van der Waals surface area contributed by atoms with E-state index in [9.17, 15) is 9.59 Å². The number of piperazine rings is 1. The minimum absolute atomic E-state index is 0.00106. The van der Waals surface area contributed by atoms with E-state index >= 15 is 0 Å². The van der Waals surface area contributed by atoms with E-state index in [1.54, 1.807) is 28.9 Å². The molecule has 0 atom stereocenters. The van der Waals surface area contributed by atoms with Gasteiger partial charge in [0.05, 0.1) is 22.0 Å². The molecule has 2 amide bonds. The third-order valence-corrected chi connectivity index (χ3v) is 4.57. The van der Waals surface area contributed by atoms with E-state index in [1.807, 2.05) is 26.2 Å². The number of para-hydroxylation sites is 1. The highest BCUT2D eigenvalue weighted by Crippen LogP contribution is 2.27. The predicted molar refractivity (Wildman–Crippen MR) is 101 cm³/mol. The summed E-state index contributed by atoms with van der Waals surface area (Å²) in [5.74, 6) is 0.139. The number of halogens is 1. The Bertz CT molecular complexity index is 855. The number of carbonyl (C=O) groups is 2. The van der Waals surface area contributed by atoms with Gasteiger partial charge in [-0.25, -0.2) is 9.97 Å². The van der Waals surface area contributed by atoms with Crippen LogP contribution in [0.2, 0.25) is 5.02 Å². The Hall–Kier alpha value is -2.67. The molecular formula is C18H20ClN5O2. The first-order chi connectivity index (χ1) is 12.4. The number of amides is 2. The van der Waals surface area contributed by atoms with Crippen molar-refractivity contribution < 1.29 is 9.59 Å². The second-order valence-electron chi connectivity index (χ2n) is 6.29. The normalized spacial score (nSPS) is 14.5. The van der Waals surface area contributed by atoms with Crippen LogP contribution in [0.5, 0.6) is 0 Å². The Morgan fingerprint density at radius 2 is 1.96 bits per heavy atom. The molecule has 1 saturated heterocycles. The third kappa shape index (κ3) is 3.48. The molecule has 0 radical (unpaired) electrons. The first kappa shape index (κ1) is 18.1. The molecular weight excluding hydrogens is 354 g/mol. The van der Waals surface area contributed by atoms with Gasteiger partial charge in [0.15, 0.2) is 0 Å². The molecule has 0 N–H and O–H groups in total. The molecule has 1 fully saturated rings. The highest BCUT2D eigenvalue weighted by Gasteiger charge is 2.30. The van der Waals surface area contributed by atoms with Crippen molar-refractivity contribution in [1.29, 1.82) is 0 Å². The number of hydrogen-bond acceptors (Lipinski definition) is 5. The van der Waals surface area contributed by atoms with Crippen LogP contribution in [0.1, 0.15) is 16.1 Å². The summed E-state index contributed by atoms with van der Waals surface area (Å²) in [5, 5.41) is 0.518. The zero-order valence-corrected chi connectivity index (χ0v) is 15.7. The van der Waals surface area contributed by atoms with Gasteiger partial charge in [0.1, 0.15) is 6.54 Å². The second kappa shape index (κ2) is 7.29. The minimum atomic E-state index is -0.236. The fourth-order valence-electron chi connectivity index (χ4n) is 2.82. The minimum Gasteiger partial charge on any atom is -0.347 e. The van der Waals surface area contributed by atoms with Crippen LogP contribution in [0.3, 0.4) is 0 Å². The Kier molecular flexibility index (Phi) is 5.08. The summed E-state index contributed by atoms with van der Waals surface area (Å²) < 4.78 is 0. The number of rotatable bonds is 3. The van der Waals surface area contributed by atoms with Gasteiger partial charge >= 0.3 is 0 Å². The Labute approximate surface area is 157 Å². The monoisotopic (exact) mass is 373 g/mol. The van der Waals surface area contributed by atoms with E-state index in [2.05, 4.69) is 9.97 Å². The Morgan fingerprint density at radius 1 is 1.23 bits per heavy atom. The van der Waals surface area contributed by atoms with Crippen LogP contribution in [0.15, 0.2) is 30.5 Å². The van der Waals surface area contributed by atoms with Crippen molar-refractivity contribution in [3.05, 3.63) is 46.7 Å². The summed E-state index contributed by atoms with van der Waals surface area (Å²) in [5.41, 5.74) is 1.67. The summed E-state index contributed by atoms with van der Waals surface area (Å²) in [4.78, 5) is 38.8. The molecule has 136 valence electrons. The first-order valence-electron chi connectivity index (χ1n) is 8.23. The van der Waals surface area contributed by atoms with Gasteiger partial charge < -0.3 is 14.7 Å². The maximum atomic E-state index is 12.8. The van der Waals surface area contributed by atoms with E-state index in [0.29, 0.717) is 41.0 Å². The van der Waals surface area contributed by atoms with Gasteiger partial charge in [-0.2, -0.15) is 0 Å². The van der Waals surface area contributed by atoms with Gasteiger partial charge in [-0.3, -0.25) is 9.59 Å². The molecule has 7 nitrogen and oxygen atoms in total. The zero-order valence-electron chi connectivity index (χ0n) is 14.9. The molecule has 0 spiro atoms. The highest BCUT2D eigenvalue weighted by atomic mass is 35.5. The first-order valence-corrected chi connectivity index (χ1v) is 8.61. The average molecular weight is 374 g/mol. The largest absolute Gasteiger partial charge is 0.347 e. The van der Waals surface area contributed by atoms with E-state index in [-0.39, 0.29) is 18.4 Å². The number of aryl methyl sites for hydroxylation is 1. The van der Waals surface area contributed by atoms with E-state index in [1.165, 1.54) is 11.1 Å². The third-order valence-electron chi connectivity index (χ3n) is 4.25. The molecule has 1 aromatic carbocycles. The second-order valence-corrected chi connectivity index (χ2v) is 6.69. The molecule has 1 aliphatic rings. The zero-order chi connectivity index (χ0) is 18.8. The van der Waals surface area contributed by atoms with Crippen molar-refractivity contribution in [2.45, 2.75) is 6.92 Å². The van der Waals surface area contributed by atoms with Gasteiger partial charge in [-0.1, -0.05) is 23.7 Å². The SMILES string of the molecule is Cc1nc(N(C)C)ncc1C(=O)N1CCN(c2ccccc2Cl)C(=O)C1. The van der Waals surface area contributed by atoms with Gasteiger partial charge in [0.2, 0.25) is 11.9 Å². The van der Waals surface area contributed by atoms with Crippen LogP contribution in [0.4, 0.5) is 11.6 Å². The molecule has 2 heterocycles. The van der Waals surface area contributed by atoms with E-state index in [0.717, 1.165) is 0 Å². The number of carbonyl (C=O) groups excluding carboxylic acids is 2. The maximum absolute atomic E-state index is 12.8. The van der Waals surface area contributed by atoms with E-state index < -0.39 is 0 Å². The van der Waals surface area contributed by atoms with Crippen molar-refractivity contribution in [2.24, 2.45) is 0 Å². The lowest BCUT2D eigenvalue weighted by Gasteiger charge is -2.34. The van der Waals surface area contributed by atoms with Crippen LogP contribution < -0.4 is 9.80 Å². The number of benzene rings is 1. The smallest absolute Gasteiger partial charge is 0.257 e. The lowest BCUT2D eigenvalue weighted by atomic mass is 10.2. The molecule has 2 aromatic rings. The van der Waals surface area contributed by atoms with E-state index in [4.69, 9.17) is 11.6 Å². The number of aromatic nitrogens is 2. The van der Waals surface area contributed by atoms with Crippen LogP contribution in [-0.4, -0.2) is 60.4 Å². The summed E-state index contributed by atoms with van der Waals surface area (Å²) in [6.07, 6.45) is 1.52. The van der Waals surface area contributed by atoms with Crippen LogP contribution in [0.25, 0.3) is 0 Å². The molecule has 0 unspecified atom stereocenters. The summed E-state index contributed by atoms with van der Waals surface area (Å²) in [6.45, 7) is 2.58. The van der Waals surface area contributed by atoms with Gasteiger partial charge in [0.25, 0.3) is 5.91 Å². The average Bonchev–Trinajstić information content (AvgIpc) is 2.61. The van der Waals surface area contributed by atoms with Crippen molar-refractivity contribution in [2.75, 3.05) is 43.5 Å². The van der Waals surface area contributed by atoms with Crippen molar-refractivity contribution in [1.82, 2.24) is 14.9 Å². The van der Waals surface area contributed by atoms with Crippen LogP contribution in [-0.2, 0) is 4.79 Å². The molecule has 1 aromatic heterocycles. The Morgan fingerprint density at radius 3 is 2.58 bits per heavy atom. The molecule has 0 aliphatic carbocycles. The number of nitrogens with zero attached hydrogens (tertiary/aromatic N) is 5. The summed E-state index contributed by atoms with van der Waals surface area (Å²) in [7, 11) is 3.67. The quantitative estimate of drug-likeness (QED) is 0.823. The highest BCUT2D eigenvalue weighted by molar-refractivity contribution is 6.33. The lowest BCUT2D eigenvalue weighted by molar-refractivity contribution is -0.120. The predicted octanol–water partition coefficient (Wildman–Crippen LogP) is 1.99. The molecule has 3 rings (SSSR count). The molecule has 1 aliphatic heterocycles. The number of hydrogen-bond donors (Lipinski definition) is 0. The van der Waals surface area contributed by atoms with Crippen LogP contribution in [0, 0.1) is 6.92 Å². The maximum Gasteiger partial charge on any atom is 0.257 e. The van der Waals surface area contributed by atoms with Gasteiger partial charge in [0, 0.05) is 33.4 Å². The van der Waals surface area contributed by atoms with Crippen LogP contribution >= 0.6 is 11.6 Å². The fraction of sp³-hybridized carbons (Fsp3) is 0.333. The summed E-state index contributed by atoms with van der Waals surface area (Å²) >= 11 is 6.18. The molecule has 0 bridgehead atoms. The van der Waals surface area contributed by atoms with Crippen molar-refractivity contribution in [3.63, 3.8) is 0 Å². The number of anilines is 2. The standard InChI is InChI=1S/C18H20ClN5O2/c1-12-13(10-20-18(21-12)22(2)3)17(26)23-8-9-24(16(25)11-23)15-7-5-4-6-14(15)19/h4-7,10H,8-9,11H2,1-3H3.